The first kappa shape index (κ1) is 12.8. The first-order valence-electron chi connectivity index (χ1n) is 6.20. The fourth-order valence-electron chi connectivity index (χ4n) is 2.13. The van der Waals surface area contributed by atoms with Crippen LogP contribution in [0.15, 0.2) is 18.2 Å². The molecule has 5 heteroatoms. The minimum atomic E-state index is -0.604. The molecule has 0 atom stereocenters. The Kier molecular flexibility index (Phi) is 3.81. The van der Waals surface area contributed by atoms with Crippen LogP contribution in [-0.2, 0) is 0 Å². The summed E-state index contributed by atoms with van der Waals surface area (Å²) in [4.78, 5) is 13.0. The number of hydrogen-bond acceptors (Lipinski definition) is 3. The average molecular weight is 251 g/mol. The molecule has 0 aliphatic carbocycles. The van der Waals surface area contributed by atoms with Gasteiger partial charge in [-0.25, -0.2) is 4.39 Å². The summed E-state index contributed by atoms with van der Waals surface area (Å²) in [6.45, 7) is 4.61. The van der Waals surface area contributed by atoms with Crippen LogP contribution >= 0.6 is 0 Å². The highest BCUT2D eigenvalue weighted by Gasteiger charge is 2.26. The predicted molar refractivity (Wildman–Crippen MR) is 69.2 cm³/mol. The van der Waals surface area contributed by atoms with Crippen LogP contribution < -0.4 is 16.0 Å². The molecule has 1 heterocycles. The van der Waals surface area contributed by atoms with Gasteiger partial charge in [-0.05, 0) is 24.6 Å². The molecule has 1 fully saturated rings. The van der Waals surface area contributed by atoms with Crippen LogP contribution in [0.3, 0.4) is 0 Å². The number of amides is 1. The summed E-state index contributed by atoms with van der Waals surface area (Å²) in [5.74, 6) is -0.987. The maximum absolute atomic E-state index is 14.0. The monoisotopic (exact) mass is 251 g/mol. The molecule has 0 spiro atoms. The number of halogens is 1. The Bertz CT molecular complexity index is 446. The van der Waals surface area contributed by atoms with E-state index in [0.29, 0.717) is 11.7 Å². The molecule has 4 nitrogen and oxygen atoms in total. The normalized spacial score (nSPS) is 15.2. The lowest BCUT2D eigenvalue weighted by Gasteiger charge is -2.40. The highest BCUT2D eigenvalue weighted by Crippen LogP contribution is 2.24. The molecule has 1 aromatic rings. The van der Waals surface area contributed by atoms with Crippen LogP contribution in [0.1, 0.15) is 23.7 Å². The van der Waals surface area contributed by atoms with Gasteiger partial charge >= 0.3 is 0 Å². The summed E-state index contributed by atoms with van der Waals surface area (Å²) >= 11 is 0. The van der Waals surface area contributed by atoms with Crippen molar-refractivity contribution in [2.45, 2.75) is 19.4 Å². The number of nitrogens with two attached hydrogens (primary N) is 1. The topological polar surface area (TPSA) is 58.4 Å². The third-order valence-corrected chi connectivity index (χ3v) is 3.21. The van der Waals surface area contributed by atoms with Crippen molar-refractivity contribution in [1.82, 2.24) is 5.32 Å². The van der Waals surface area contributed by atoms with Crippen molar-refractivity contribution in [3.8, 4) is 0 Å². The summed E-state index contributed by atoms with van der Waals surface area (Å²) in [7, 11) is 0. The van der Waals surface area contributed by atoms with Crippen molar-refractivity contribution >= 4 is 11.6 Å². The summed E-state index contributed by atoms with van der Waals surface area (Å²) in [5, 5.41) is 3.18. The molecule has 18 heavy (non-hydrogen) atoms. The van der Waals surface area contributed by atoms with E-state index in [2.05, 4.69) is 17.1 Å². The second-order valence-electron chi connectivity index (χ2n) is 4.54. The van der Waals surface area contributed by atoms with Gasteiger partial charge in [0.2, 0.25) is 5.91 Å². The summed E-state index contributed by atoms with van der Waals surface area (Å²) < 4.78 is 14.0. The maximum Gasteiger partial charge on any atom is 0.248 e. The Balaban J connectivity index is 2.26. The summed E-state index contributed by atoms with van der Waals surface area (Å²) in [6, 6.07) is 4.77. The van der Waals surface area contributed by atoms with Gasteiger partial charge in [-0.2, -0.15) is 0 Å². The Morgan fingerprint density at radius 1 is 1.56 bits per heavy atom. The van der Waals surface area contributed by atoms with Crippen LogP contribution in [-0.4, -0.2) is 31.6 Å². The molecule has 0 bridgehead atoms. The van der Waals surface area contributed by atoms with Crippen molar-refractivity contribution in [1.29, 1.82) is 0 Å². The van der Waals surface area contributed by atoms with E-state index in [-0.39, 0.29) is 11.4 Å². The van der Waals surface area contributed by atoms with Gasteiger partial charge < -0.3 is 16.0 Å². The van der Waals surface area contributed by atoms with Gasteiger partial charge in [0, 0.05) is 25.2 Å². The quantitative estimate of drug-likeness (QED) is 0.824. The molecule has 1 aliphatic rings. The van der Waals surface area contributed by atoms with Gasteiger partial charge in [-0.1, -0.05) is 6.92 Å². The zero-order valence-corrected chi connectivity index (χ0v) is 10.4. The molecule has 1 saturated heterocycles. The van der Waals surface area contributed by atoms with Crippen molar-refractivity contribution in [3.63, 3.8) is 0 Å². The van der Waals surface area contributed by atoms with Crippen LogP contribution in [0.2, 0.25) is 0 Å². The molecular formula is C13H18FN3O. The zero-order valence-electron chi connectivity index (χ0n) is 10.4. The highest BCUT2D eigenvalue weighted by atomic mass is 19.1. The van der Waals surface area contributed by atoms with E-state index in [1.165, 1.54) is 6.07 Å². The van der Waals surface area contributed by atoms with Gasteiger partial charge in [0.25, 0.3) is 0 Å². The van der Waals surface area contributed by atoms with Crippen molar-refractivity contribution in [2.75, 3.05) is 24.5 Å². The van der Waals surface area contributed by atoms with Crippen molar-refractivity contribution in [3.05, 3.63) is 29.6 Å². The molecule has 1 aromatic carbocycles. The lowest BCUT2D eigenvalue weighted by molar-refractivity contribution is 0.1000. The summed E-state index contributed by atoms with van der Waals surface area (Å²) in [6.07, 6.45) is 0.952. The number of carbonyl (C=O) groups is 1. The standard InChI is InChI=1S/C13H18FN3O/c1-2-5-17(10-7-16-8-10)12-4-3-9(13(15)18)6-11(12)14/h3-4,6,10,16H,2,5,7-8H2,1H3,(H2,15,18). The third-order valence-electron chi connectivity index (χ3n) is 3.21. The molecule has 0 saturated carbocycles. The first-order valence-corrected chi connectivity index (χ1v) is 6.20. The second-order valence-corrected chi connectivity index (χ2v) is 4.54. The molecule has 98 valence electrons. The van der Waals surface area contributed by atoms with Crippen LogP contribution in [0.5, 0.6) is 0 Å². The average Bonchev–Trinajstić information content (AvgIpc) is 2.26. The predicted octanol–water partition coefficient (Wildman–Crippen LogP) is 1.11. The summed E-state index contributed by atoms with van der Waals surface area (Å²) in [5.41, 5.74) is 5.89. The number of nitrogens with zero attached hydrogens (tertiary/aromatic N) is 1. The Hall–Kier alpha value is -1.62. The molecule has 0 aromatic heterocycles. The smallest absolute Gasteiger partial charge is 0.248 e. The molecule has 0 unspecified atom stereocenters. The van der Waals surface area contributed by atoms with E-state index in [0.717, 1.165) is 26.1 Å². The minimum absolute atomic E-state index is 0.208. The number of primary amides is 1. The number of anilines is 1. The molecule has 0 radical (unpaired) electrons. The number of hydrogen-bond donors (Lipinski definition) is 2. The fourth-order valence-corrected chi connectivity index (χ4v) is 2.13. The minimum Gasteiger partial charge on any atom is -0.366 e. The third kappa shape index (κ3) is 2.46. The van der Waals surface area contributed by atoms with E-state index in [1.54, 1.807) is 12.1 Å². The molecule has 1 aliphatic heterocycles. The molecule has 3 N–H and O–H groups in total. The van der Waals surface area contributed by atoms with Crippen LogP contribution in [0, 0.1) is 5.82 Å². The van der Waals surface area contributed by atoms with Gasteiger partial charge in [-0.15, -0.1) is 0 Å². The van der Waals surface area contributed by atoms with Gasteiger partial charge in [-0.3, -0.25) is 4.79 Å². The number of benzene rings is 1. The Morgan fingerprint density at radius 2 is 2.28 bits per heavy atom. The van der Waals surface area contributed by atoms with E-state index in [9.17, 15) is 9.18 Å². The number of carbonyl (C=O) groups excluding carboxylic acids is 1. The molecular weight excluding hydrogens is 233 g/mol. The lowest BCUT2D eigenvalue weighted by Crippen LogP contribution is -2.57. The van der Waals surface area contributed by atoms with E-state index in [1.807, 2.05) is 0 Å². The Labute approximate surface area is 106 Å². The van der Waals surface area contributed by atoms with E-state index >= 15 is 0 Å². The highest BCUT2D eigenvalue weighted by molar-refractivity contribution is 5.93. The number of rotatable bonds is 5. The number of nitrogens with one attached hydrogen (secondary N) is 1. The lowest BCUT2D eigenvalue weighted by atomic mass is 10.1. The van der Waals surface area contributed by atoms with Crippen molar-refractivity contribution < 1.29 is 9.18 Å². The molecule has 2 rings (SSSR count). The fraction of sp³-hybridized carbons (Fsp3) is 0.462. The zero-order chi connectivity index (χ0) is 13.1. The second kappa shape index (κ2) is 5.35. The van der Waals surface area contributed by atoms with Gasteiger partial charge in [0.05, 0.1) is 11.7 Å². The van der Waals surface area contributed by atoms with Gasteiger partial charge in [0.1, 0.15) is 5.82 Å². The Morgan fingerprint density at radius 3 is 2.72 bits per heavy atom. The van der Waals surface area contributed by atoms with E-state index < -0.39 is 5.91 Å². The molecule has 1 amide bonds. The SMILES string of the molecule is CCCN(c1ccc(C(N)=O)cc1F)C1CNC1. The first-order chi connectivity index (χ1) is 8.63. The van der Waals surface area contributed by atoms with Gasteiger partial charge in [0.15, 0.2) is 0 Å². The van der Waals surface area contributed by atoms with Crippen molar-refractivity contribution in [2.24, 2.45) is 5.73 Å². The van der Waals surface area contributed by atoms with E-state index in [4.69, 9.17) is 5.73 Å². The van der Waals surface area contributed by atoms with Crippen LogP contribution in [0.4, 0.5) is 10.1 Å². The van der Waals surface area contributed by atoms with Crippen LogP contribution in [0.25, 0.3) is 0 Å². The maximum atomic E-state index is 14.0. The largest absolute Gasteiger partial charge is 0.366 e.